The summed E-state index contributed by atoms with van der Waals surface area (Å²) >= 11 is 7.35. The van der Waals surface area contributed by atoms with Crippen LogP contribution >= 0.6 is 22.9 Å². The molecule has 43 heavy (non-hydrogen) atoms. The summed E-state index contributed by atoms with van der Waals surface area (Å²) in [6, 6.07) is 1.90. The van der Waals surface area contributed by atoms with Gasteiger partial charge in [-0.1, -0.05) is 11.6 Å². The second-order valence-corrected chi connectivity index (χ2v) is 15.2. The molecule has 1 aliphatic rings. The summed E-state index contributed by atoms with van der Waals surface area (Å²) in [6.07, 6.45) is 3.29. The van der Waals surface area contributed by atoms with Crippen LogP contribution in [-0.4, -0.2) is 78.8 Å². The van der Waals surface area contributed by atoms with Gasteiger partial charge in [0.1, 0.15) is 21.9 Å². The Hall–Kier alpha value is -2.84. The van der Waals surface area contributed by atoms with E-state index in [0.717, 1.165) is 36.3 Å². The fraction of sp³-hybridized carbons (Fsp3) is 0.607. The quantitative estimate of drug-likeness (QED) is 0.259. The molecule has 2 N–H and O–H groups in total. The van der Waals surface area contributed by atoms with Gasteiger partial charge in [0, 0.05) is 37.8 Å². The number of aromatic nitrogens is 1. The van der Waals surface area contributed by atoms with E-state index < -0.39 is 44.1 Å². The summed E-state index contributed by atoms with van der Waals surface area (Å²) in [5.74, 6) is -0.960. The third kappa shape index (κ3) is 10.7. The van der Waals surface area contributed by atoms with E-state index in [1.165, 1.54) is 6.20 Å². The second-order valence-electron chi connectivity index (χ2n) is 12.2. The standard InChI is InChI=1S/C28H41ClFN5O6S2/c1-27(2,3)40-25(36)34(18-19-10-9-14-35(19)26(37)41-28(4,5)6)13-8-7-11-31-22-17-21(30)23(16-20(22)29)43(38,39)33-24-32-12-15-42-24/h12,15-17,19,31H,7-11,13-14,18H2,1-6H3,(H,32,33)/t19-/m1/s1. The highest BCUT2D eigenvalue weighted by atomic mass is 35.5. The zero-order valence-corrected chi connectivity index (χ0v) is 27.8. The summed E-state index contributed by atoms with van der Waals surface area (Å²) in [6.45, 7) is 12.5. The van der Waals surface area contributed by atoms with E-state index in [2.05, 4.69) is 15.0 Å². The highest BCUT2D eigenvalue weighted by molar-refractivity contribution is 7.93. The molecular formula is C28H41ClFN5O6S2. The predicted molar refractivity (Wildman–Crippen MR) is 166 cm³/mol. The molecule has 0 bridgehead atoms. The normalized spacial score (nSPS) is 15.7. The Morgan fingerprint density at radius 3 is 2.49 bits per heavy atom. The zero-order chi connectivity index (χ0) is 32.0. The summed E-state index contributed by atoms with van der Waals surface area (Å²) in [5.41, 5.74) is -1.07. The number of thiazole rings is 1. The maximum Gasteiger partial charge on any atom is 0.410 e. The van der Waals surface area contributed by atoms with Gasteiger partial charge >= 0.3 is 12.2 Å². The monoisotopic (exact) mass is 661 g/mol. The lowest BCUT2D eigenvalue weighted by molar-refractivity contribution is 0.00864. The van der Waals surface area contributed by atoms with Crippen molar-refractivity contribution < 1.29 is 31.9 Å². The summed E-state index contributed by atoms with van der Waals surface area (Å²) in [4.78, 5) is 32.4. The molecule has 1 aromatic carbocycles. The maximum atomic E-state index is 14.8. The molecule has 11 nitrogen and oxygen atoms in total. The number of hydrogen-bond donors (Lipinski definition) is 2. The molecule has 0 radical (unpaired) electrons. The smallest absolute Gasteiger partial charge is 0.410 e. The number of ether oxygens (including phenoxy) is 2. The number of unbranched alkanes of at least 4 members (excludes halogenated alkanes) is 1. The number of carbonyl (C=O) groups excluding carboxylic acids is 2. The first kappa shape index (κ1) is 34.6. The number of hydrogen-bond acceptors (Lipinski definition) is 9. The topological polar surface area (TPSA) is 130 Å². The fourth-order valence-electron chi connectivity index (χ4n) is 4.39. The third-order valence-corrected chi connectivity index (χ3v) is 8.71. The molecule has 0 saturated carbocycles. The van der Waals surface area contributed by atoms with Crippen molar-refractivity contribution in [1.29, 1.82) is 0 Å². The van der Waals surface area contributed by atoms with Gasteiger partial charge in [0.25, 0.3) is 10.0 Å². The number of nitrogens with zero attached hydrogens (tertiary/aromatic N) is 3. The molecule has 1 atom stereocenters. The first-order valence-electron chi connectivity index (χ1n) is 14.1. The van der Waals surface area contributed by atoms with Crippen molar-refractivity contribution in [3.63, 3.8) is 0 Å². The van der Waals surface area contributed by atoms with Crippen LogP contribution in [0.2, 0.25) is 5.02 Å². The number of rotatable bonds is 11. The van der Waals surface area contributed by atoms with Crippen LogP contribution in [0.3, 0.4) is 0 Å². The summed E-state index contributed by atoms with van der Waals surface area (Å²) < 4.78 is 53.4. The minimum Gasteiger partial charge on any atom is -0.444 e. The zero-order valence-electron chi connectivity index (χ0n) is 25.4. The molecule has 2 heterocycles. The van der Waals surface area contributed by atoms with Gasteiger partial charge in [-0.25, -0.2) is 27.4 Å². The number of sulfonamides is 1. The Morgan fingerprint density at radius 1 is 1.16 bits per heavy atom. The van der Waals surface area contributed by atoms with E-state index in [4.69, 9.17) is 21.1 Å². The van der Waals surface area contributed by atoms with Crippen molar-refractivity contribution >= 4 is 56.0 Å². The van der Waals surface area contributed by atoms with Gasteiger partial charge < -0.3 is 24.6 Å². The van der Waals surface area contributed by atoms with Gasteiger partial charge in [-0.2, -0.15) is 0 Å². The molecule has 15 heteroatoms. The number of amides is 2. The molecule has 0 aliphatic carbocycles. The van der Waals surface area contributed by atoms with Crippen LogP contribution in [-0.2, 0) is 19.5 Å². The number of anilines is 2. The number of benzene rings is 1. The lowest BCUT2D eigenvalue weighted by atomic mass is 10.2. The SMILES string of the molecule is CC(C)(C)OC(=O)N(CCCCNc1cc(F)c(S(=O)(=O)Nc2nccs2)cc1Cl)C[C@H]1CCCN1C(=O)OC(C)(C)C. The average Bonchev–Trinajstić information content (AvgIpc) is 3.54. The minimum atomic E-state index is -4.21. The molecule has 1 aromatic heterocycles. The lowest BCUT2D eigenvalue weighted by Crippen LogP contribution is -2.48. The Labute approximate surface area is 262 Å². The van der Waals surface area contributed by atoms with Crippen molar-refractivity contribution in [3.05, 3.63) is 34.5 Å². The maximum absolute atomic E-state index is 14.8. The predicted octanol–water partition coefficient (Wildman–Crippen LogP) is 6.57. The number of halogens is 2. The average molecular weight is 662 g/mol. The van der Waals surface area contributed by atoms with E-state index in [1.54, 1.807) is 36.0 Å². The number of carbonyl (C=O) groups is 2. The van der Waals surface area contributed by atoms with E-state index >= 15 is 0 Å². The molecule has 2 amide bonds. The largest absolute Gasteiger partial charge is 0.444 e. The van der Waals surface area contributed by atoms with Crippen LogP contribution in [0, 0.1) is 5.82 Å². The van der Waals surface area contributed by atoms with Crippen molar-refractivity contribution in [2.24, 2.45) is 0 Å². The molecule has 1 aliphatic heterocycles. The van der Waals surface area contributed by atoms with Crippen LogP contribution in [0.5, 0.6) is 0 Å². The molecule has 0 spiro atoms. The van der Waals surface area contributed by atoms with Gasteiger partial charge in [-0.05, 0) is 79.4 Å². The Kier molecular flexibility index (Phi) is 11.5. The minimum absolute atomic E-state index is 0.0414. The highest BCUT2D eigenvalue weighted by Crippen LogP contribution is 2.30. The van der Waals surface area contributed by atoms with Crippen molar-refractivity contribution in [1.82, 2.24) is 14.8 Å². The third-order valence-electron chi connectivity index (χ3n) is 6.22. The first-order valence-corrected chi connectivity index (χ1v) is 16.8. The molecule has 3 rings (SSSR count). The van der Waals surface area contributed by atoms with Crippen molar-refractivity contribution in [3.8, 4) is 0 Å². The van der Waals surface area contributed by atoms with E-state index in [0.29, 0.717) is 39.0 Å². The Balaban J connectivity index is 1.59. The van der Waals surface area contributed by atoms with Crippen molar-refractivity contribution in [2.75, 3.05) is 36.2 Å². The first-order chi connectivity index (χ1) is 19.9. The van der Waals surface area contributed by atoms with Crippen LogP contribution < -0.4 is 10.0 Å². The Morgan fingerprint density at radius 2 is 1.86 bits per heavy atom. The second kappa shape index (κ2) is 14.3. The molecule has 1 fully saturated rings. The van der Waals surface area contributed by atoms with Gasteiger partial charge in [-0.3, -0.25) is 4.72 Å². The van der Waals surface area contributed by atoms with Crippen LogP contribution in [0.25, 0.3) is 0 Å². The van der Waals surface area contributed by atoms with Gasteiger partial charge in [0.05, 0.1) is 16.8 Å². The molecule has 1 saturated heterocycles. The molecule has 0 unspecified atom stereocenters. The van der Waals surface area contributed by atoms with Crippen LogP contribution in [0.15, 0.2) is 28.6 Å². The van der Waals surface area contributed by atoms with Crippen LogP contribution in [0.4, 0.5) is 24.8 Å². The molecule has 2 aromatic rings. The Bertz CT molecular complexity index is 1360. The molecular weight excluding hydrogens is 621 g/mol. The summed E-state index contributed by atoms with van der Waals surface area (Å²) in [7, 11) is -4.21. The van der Waals surface area contributed by atoms with Crippen molar-refractivity contribution in [2.45, 2.75) is 89.4 Å². The van der Waals surface area contributed by atoms with Crippen LogP contribution in [0.1, 0.15) is 67.2 Å². The van der Waals surface area contributed by atoms with E-state index in [9.17, 15) is 22.4 Å². The van der Waals surface area contributed by atoms with E-state index in [1.807, 2.05) is 20.8 Å². The fourth-order valence-corrected chi connectivity index (χ4v) is 6.56. The van der Waals surface area contributed by atoms with Gasteiger partial charge in [0.2, 0.25) is 0 Å². The highest BCUT2D eigenvalue weighted by Gasteiger charge is 2.35. The summed E-state index contributed by atoms with van der Waals surface area (Å²) in [5, 5.41) is 4.78. The van der Waals surface area contributed by atoms with Gasteiger partial charge in [0.15, 0.2) is 5.13 Å². The van der Waals surface area contributed by atoms with Gasteiger partial charge in [-0.15, -0.1) is 11.3 Å². The number of nitrogens with one attached hydrogen (secondary N) is 2. The van der Waals surface area contributed by atoms with E-state index in [-0.39, 0.29) is 21.9 Å². The molecule has 240 valence electrons. The lowest BCUT2D eigenvalue weighted by Gasteiger charge is -2.33. The number of likely N-dealkylation sites (tertiary alicyclic amines) is 1.